The molecule has 94 valence electrons. The molecule has 0 aliphatic carbocycles. The number of halogens is 1. The summed E-state index contributed by atoms with van der Waals surface area (Å²) in [4.78, 5) is 10.9. The van der Waals surface area contributed by atoms with E-state index in [-0.39, 0.29) is 5.97 Å². The van der Waals surface area contributed by atoms with Crippen LogP contribution < -0.4 is 0 Å². The van der Waals surface area contributed by atoms with Crippen molar-refractivity contribution in [1.82, 2.24) is 0 Å². The molecule has 0 aliphatic heterocycles. The number of rotatable bonds is 6. The topological polar surface area (TPSA) is 46.5 Å². The summed E-state index contributed by atoms with van der Waals surface area (Å²) in [6, 6.07) is 7.25. The molecule has 1 atom stereocenters. The maximum atomic E-state index is 10.9. The van der Waals surface area contributed by atoms with Gasteiger partial charge in [0, 0.05) is 11.4 Å². The zero-order chi connectivity index (χ0) is 12.7. The third kappa shape index (κ3) is 4.75. The van der Waals surface area contributed by atoms with Crippen molar-refractivity contribution in [1.29, 1.82) is 0 Å². The van der Waals surface area contributed by atoms with E-state index in [0.717, 1.165) is 12.0 Å². The normalized spacial score (nSPS) is 12.2. The van der Waals surface area contributed by atoms with Crippen LogP contribution in [-0.2, 0) is 9.53 Å². The van der Waals surface area contributed by atoms with Crippen LogP contribution in [0.15, 0.2) is 24.3 Å². The lowest BCUT2D eigenvalue weighted by Crippen LogP contribution is -2.01. The van der Waals surface area contributed by atoms with Gasteiger partial charge in [0.05, 0.1) is 13.2 Å². The second kappa shape index (κ2) is 7.30. The number of hydrogen-bond acceptors (Lipinski definition) is 3. The monoisotopic (exact) mass is 256 g/mol. The zero-order valence-corrected chi connectivity index (χ0v) is 10.6. The fraction of sp³-hybridized carbons (Fsp3) is 0.462. The fourth-order valence-electron chi connectivity index (χ4n) is 1.61. The van der Waals surface area contributed by atoms with Crippen molar-refractivity contribution in [3.8, 4) is 0 Å². The first-order valence-electron chi connectivity index (χ1n) is 5.64. The minimum atomic E-state index is -0.568. The Hall–Kier alpha value is -1.06. The van der Waals surface area contributed by atoms with E-state index in [1.165, 1.54) is 7.11 Å². The molecule has 1 rings (SSSR count). The Morgan fingerprint density at radius 2 is 2.12 bits per heavy atom. The first-order valence-corrected chi connectivity index (χ1v) is 6.02. The van der Waals surface area contributed by atoms with E-state index in [4.69, 9.17) is 11.6 Å². The molecule has 0 saturated carbocycles. The number of benzene rings is 1. The Kier molecular flexibility index (Phi) is 6.01. The van der Waals surface area contributed by atoms with Gasteiger partial charge in [-0.05, 0) is 30.9 Å². The fourth-order valence-corrected chi connectivity index (χ4v) is 1.87. The molecule has 3 nitrogen and oxygen atoms in total. The van der Waals surface area contributed by atoms with Crippen molar-refractivity contribution in [2.24, 2.45) is 0 Å². The Bertz CT molecular complexity index is 365. The van der Waals surface area contributed by atoms with E-state index in [0.29, 0.717) is 24.3 Å². The summed E-state index contributed by atoms with van der Waals surface area (Å²) in [6.45, 7) is 0. The van der Waals surface area contributed by atoms with Gasteiger partial charge in [-0.1, -0.05) is 29.8 Å². The van der Waals surface area contributed by atoms with Crippen molar-refractivity contribution >= 4 is 17.6 Å². The number of aliphatic hydroxyl groups is 1. The maximum absolute atomic E-state index is 10.9. The number of methoxy groups -OCH3 is 1. The molecule has 0 aliphatic rings. The van der Waals surface area contributed by atoms with Gasteiger partial charge in [0.25, 0.3) is 0 Å². The highest BCUT2D eigenvalue weighted by Crippen LogP contribution is 2.26. The molecular weight excluding hydrogens is 240 g/mol. The number of carbonyl (C=O) groups excluding carboxylic acids is 1. The van der Waals surface area contributed by atoms with E-state index in [1.54, 1.807) is 6.07 Å². The molecule has 0 radical (unpaired) electrons. The summed E-state index contributed by atoms with van der Waals surface area (Å²) in [5, 5.41) is 10.5. The summed E-state index contributed by atoms with van der Waals surface area (Å²) >= 11 is 5.97. The Morgan fingerprint density at radius 1 is 1.41 bits per heavy atom. The summed E-state index contributed by atoms with van der Waals surface area (Å²) in [5.74, 6) is -0.211. The Labute approximate surface area is 106 Å². The molecule has 1 unspecified atom stereocenters. The van der Waals surface area contributed by atoms with Gasteiger partial charge in [-0.15, -0.1) is 0 Å². The molecule has 0 heterocycles. The van der Waals surface area contributed by atoms with E-state index in [2.05, 4.69) is 4.74 Å². The molecular formula is C13H17ClO3. The lowest BCUT2D eigenvalue weighted by molar-refractivity contribution is -0.140. The van der Waals surface area contributed by atoms with Gasteiger partial charge in [0.2, 0.25) is 0 Å². The van der Waals surface area contributed by atoms with Gasteiger partial charge in [-0.3, -0.25) is 4.79 Å². The van der Waals surface area contributed by atoms with Crippen LogP contribution in [0, 0.1) is 0 Å². The molecule has 0 bridgehead atoms. The predicted octanol–water partition coefficient (Wildman–Crippen LogP) is 3.11. The molecule has 0 spiro atoms. The van der Waals surface area contributed by atoms with Crippen LogP contribution >= 0.6 is 11.6 Å². The molecule has 1 aromatic rings. The molecule has 1 N–H and O–H groups in total. The van der Waals surface area contributed by atoms with Crippen LogP contribution in [0.5, 0.6) is 0 Å². The van der Waals surface area contributed by atoms with Crippen molar-refractivity contribution < 1.29 is 14.6 Å². The van der Waals surface area contributed by atoms with E-state index in [1.807, 2.05) is 18.2 Å². The molecule has 1 aromatic carbocycles. The summed E-state index contributed by atoms with van der Waals surface area (Å²) in [5.41, 5.74) is 0.743. The van der Waals surface area contributed by atoms with Gasteiger partial charge in [0.1, 0.15) is 0 Å². The maximum Gasteiger partial charge on any atom is 0.305 e. The van der Waals surface area contributed by atoms with E-state index >= 15 is 0 Å². The second-order valence-electron chi connectivity index (χ2n) is 3.86. The van der Waals surface area contributed by atoms with Crippen LogP contribution in [0.1, 0.15) is 37.4 Å². The number of hydrogen-bond donors (Lipinski definition) is 1. The molecule has 0 aromatic heterocycles. The minimum Gasteiger partial charge on any atom is -0.469 e. The van der Waals surface area contributed by atoms with Gasteiger partial charge >= 0.3 is 5.97 Å². The average Bonchev–Trinajstić information content (AvgIpc) is 2.34. The number of esters is 1. The number of aliphatic hydroxyl groups excluding tert-OH is 1. The van der Waals surface area contributed by atoms with Crippen molar-refractivity contribution in [3.05, 3.63) is 34.9 Å². The SMILES string of the molecule is COC(=O)CCCCC(O)c1ccccc1Cl. The molecule has 0 fully saturated rings. The summed E-state index contributed by atoms with van der Waals surface area (Å²) < 4.78 is 4.54. The lowest BCUT2D eigenvalue weighted by Gasteiger charge is -2.12. The number of ether oxygens (including phenoxy) is 1. The van der Waals surface area contributed by atoms with Crippen LogP contribution in [0.4, 0.5) is 0 Å². The third-order valence-electron chi connectivity index (χ3n) is 2.60. The van der Waals surface area contributed by atoms with Crippen LogP contribution in [0.2, 0.25) is 5.02 Å². The lowest BCUT2D eigenvalue weighted by atomic mass is 10.0. The number of carbonyl (C=O) groups is 1. The van der Waals surface area contributed by atoms with Crippen molar-refractivity contribution in [2.75, 3.05) is 7.11 Å². The van der Waals surface area contributed by atoms with Crippen LogP contribution in [0.25, 0.3) is 0 Å². The van der Waals surface area contributed by atoms with E-state index < -0.39 is 6.10 Å². The van der Waals surface area contributed by atoms with E-state index in [9.17, 15) is 9.90 Å². The highest BCUT2D eigenvalue weighted by Gasteiger charge is 2.10. The van der Waals surface area contributed by atoms with Gasteiger partial charge in [-0.2, -0.15) is 0 Å². The molecule has 17 heavy (non-hydrogen) atoms. The van der Waals surface area contributed by atoms with Crippen molar-refractivity contribution in [3.63, 3.8) is 0 Å². The minimum absolute atomic E-state index is 0.211. The van der Waals surface area contributed by atoms with Crippen LogP contribution in [0.3, 0.4) is 0 Å². The molecule has 4 heteroatoms. The summed E-state index contributed by atoms with van der Waals surface area (Å²) in [7, 11) is 1.38. The summed E-state index contributed by atoms with van der Waals surface area (Å²) in [6.07, 6.45) is 1.91. The first kappa shape index (κ1) is 14.0. The Balaban J connectivity index is 2.33. The number of unbranched alkanes of at least 4 members (excludes halogenated alkanes) is 1. The largest absolute Gasteiger partial charge is 0.469 e. The molecule has 0 amide bonds. The molecule has 0 saturated heterocycles. The zero-order valence-electron chi connectivity index (χ0n) is 9.86. The average molecular weight is 257 g/mol. The Morgan fingerprint density at radius 3 is 2.76 bits per heavy atom. The van der Waals surface area contributed by atoms with Crippen molar-refractivity contribution in [2.45, 2.75) is 31.8 Å². The van der Waals surface area contributed by atoms with Gasteiger partial charge in [0.15, 0.2) is 0 Å². The van der Waals surface area contributed by atoms with Crippen LogP contribution in [-0.4, -0.2) is 18.2 Å². The predicted molar refractivity (Wildman–Crippen MR) is 66.9 cm³/mol. The van der Waals surface area contributed by atoms with Gasteiger partial charge in [-0.25, -0.2) is 0 Å². The highest BCUT2D eigenvalue weighted by molar-refractivity contribution is 6.31. The highest BCUT2D eigenvalue weighted by atomic mass is 35.5. The first-order chi connectivity index (χ1) is 8.15. The second-order valence-corrected chi connectivity index (χ2v) is 4.27. The van der Waals surface area contributed by atoms with Gasteiger partial charge < -0.3 is 9.84 Å². The third-order valence-corrected chi connectivity index (χ3v) is 2.94. The standard InChI is InChI=1S/C13H17ClO3/c1-17-13(16)9-5-4-8-12(15)10-6-2-3-7-11(10)14/h2-3,6-7,12,15H,4-5,8-9H2,1H3. The quantitative estimate of drug-likeness (QED) is 0.628. The smallest absolute Gasteiger partial charge is 0.305 e.